The minimum Gasteiger partial charge on any atom is -0.383 e. The van der Waals surface area contributed by atoms with Gasteiger partial charge in [-0.25, -0.2) is 4.98 Å². The Morgan fingerprint density at radius 2 is 2.16 bits per heavy atom. The second kappa shape index (κ2) is 9.07. The van der Waals surface area contributed by atoms with Gasteiger partial charge in [0.2, 0.25) is 0 Å². The van der Waals surface area contributed by atoms with E-state index in [4.69, 9.17) is 9.47 Å². The van der Waals surface area contributed by atoms with Crippen molar-refractivity contribution in [1.29, 1.82) is 0 Å². The number of aryl methyl sites for hydroxylation is 1. The molecule has 19 heavy (non-hydrogen) atoms. The fourth-order valence-corrected chi connectivity index (χ4v) is 1.83. The number of ether oxygens (including phenoxy) is 2. The first-order valence-corrected chi connectivity index (χ1v) is 6.93. The lowest BCUT2D eigenvalue weighted by Gasteiger charge is -2.12. The maximum Gasteiger partial charge on any atom is 0.105 e. The van der Waals surface area contributed by atoms with Gasteiger partial charge in [0.1, 0.15) is 5.82 Å². The molecule has 1 aromatic heterocycles. The molecule has 0 aliphatic carbocycles. The summed E-state index contributed by atoms with van der Waals surface area (Å²) in [7, 11) is 1.71. The lowest BCUT2D eigenvalue weighted by Crippen LogP contribution is -2.21. The van der Waals surface area contributed by atoms with Crippen LogP contribution in [0, 0.1) is 12.8 Å². The molecule has 110 valence electrons. The van der Waals surface area contributed by atoms with Crippen LogP contribution in [0.15, 0.2) is 6.20 Å². The minimum atomic E-state index is 0.582. The van der Waals surface area contributed by atoms with Crippen molar-refractivity contribution in [2.45, 2.75) is 33.9 Å². The van der Waals surface area contributed by atoms with Gasteiger partial charge in [-0.2, -0.15) is 0 Å². The van der Waals surface area contributed by atoms with Crippen LogP contribution in [0.2, 0.25) is 0 Å². The van der Waals surface area contributed by atoms with Crippen LogP contribution in [-0.2, 0) is 22.6 Å². The fraction of sp³-hybridized carbons (Fsp3) is 0.786. The van der Waals surface area contributed by atoms with Gasteiger partial charge in [0.25, 0.3) is 0 Å². The van der Waals surface area contributed by atoms with Gasteiger partial charge in [-0.15, -0.1) is 0 Å². The number of methoxy groups -OCH3 is 1. The van der Waals surface area contributed by atoms with E-state index in [1.165, 1.54) is 5.69 Å². The van der Waals surface area contributed by atoms with Gasteiger partial charge in [0.15, 0.2) is 0 Å². The van der Waals surface area contributed by atoms with E-state index in [1.807, 2.05) is 13.1 Å². The lowest BCUT2D eigenvalue weighted by atomic mass is 10.2. The van der Waals surface area contributed by atoms with Crippen molar-refractivity contribution < 1.29 is 9.47 Å². The first-order chi connectivity index (χ1) is 9.15. The maximum absolute atomic E-state index is 5.63. The third-order valence-corrected chi connectivity index (χ3v) is 2.84. The number of nitrogens with one attached hydrogen (secondary N) is 1. The molecule has 0 aliphatic heterocycles. The quantitative estimate of drug-likeness (QED) is 0.655. The number of hydrogen-bond acceptors (Lipinski definition) is 4. The molecule has 1 rings (SSSR count). The molecule has 1 aromatic rings. The molecule has 0 fully saturated rings. The fourth-order valence-electron chi connectivity index (χ4n) is 1.83. The summed E-state index contributed by atoms with van der Waals surface area (Å²) in [5.74, 6) is 1.62. The summed E-state index contributed by atoms with van der Waals surface area (Å²) in [4.78, 5) is 4.37. The van der Waals surface area contributed by atoms with Crippen LogP contribution in [-0.4, -0.2) is 43.0 Å². The van der Waals surface area contributed by atoms with Gasteiger partial charge in [-0.3, -0.25) is 0 Å². The average Bonchev–Trinajstić information content (AvgIpc) is 2.71. The van der Waals surface area contributed by atoms with Gasteiger partial charge in [-0.05, 0) is 12.8 Å². The number of nitrogens with zero attached hydrogens (tertiary/aromatic N) is 2. The molecule has 1 N–H and O–H groups in total. The Morgan fingerprint density at radius 1 is 1.37 bits per heavy atom. The highest BCUT2D eigenvalue weighted by Gasteiger charge is 2.06. The van der Waals surface area contributed by atoms with Crippen molar-refractivity contribution in [3.63, 3.8) is 0 Å². The number of hydrogen-bond donors (Lipinski definition) is 1. The third-order valence-electron chi connectivity index (χ3n) is 2.84. The summed E-state index contributed by atoms with van der Waals surface area (Å²) < 4.78 is 12.9. The molecular formula is C14H27N3O2. The molecule has 0 aromatic carbocycles. The summed E-state index contributed by atoms with van der Waals surface area (Å²) in [5, 5.41) is 3.34. The van der Waals surface area contributed by atoms with Crippen molar-refractivity contribution in [2.75, 3.05) is 33.5 Å². The van der Waals surface area contributed by atoms with Gasteiger partial charge >= 0.3 is 0 Å². The lowest BCUT2D eigenvalue weighted by molar-refractivity contribution is 0.102. The first-order valence-electron chi connectivity index (χ1n) is 6.93. The zero-order valence-electron chi connectivity index (χ0n) is 12.6. The van der Waals surface area contributed by atoms with Crippen LogP contribution < -0.4 is 5.32 Å². The van der Waals surface area contributed by atoms with E-state index in [1.54, 1.807) is 7.11 Å². The van der Waals surface area contributed by atoms with E-state index in [9.17, 15) is 0 Å². The topological polar surface area (TPSA) is 48.3 Å². The molecule has 5 heteroatoms. The zero-order valence-corrected chi connectivity index (χ0v) is 12.6. The van der Waals surface area contributed by atoms with E-state index in [0.29, 0.717) is 5.92 Å². The molecule has 0 bridgehead atoms. The van der Waals surface area contributed by atoms with E-state index < -0.39 is 0 Å². The molecule has 0 saturated heterocycles. The second-order valence-corrected chi connectivity index (χ2v) is 5.09. The molecule has 0 aliphatic rings. The van der Waals surface area contributed by atoms with Gasteiger partial charge in [0.05, 0.1) is 18.9 Å². The highest BCUT2D eigenvalue weighted by atomic mass is 16.5. The number of imidazole rings is 1. The summed E-state index contributed by atoms with van der Waals surface area (Å²) in [6.45, 7) is 11.2. The number of aromatic nitrogens is 2. The van der Waals surface area contributed by atoms with Crippen LogP contribution in [0.3, 0.4) is 0 Å². The Bertz CT molecular complexity index is 350. The van der Waals surface area contributed by atoms with E-state index in [-0.39, 0.29) is 0 Å². The van der Waals surface area contributed by atoms with Crippen molar-refractivity contribution in [1.82, 2.24) is 14.9 Å². The van der Waals surface area contributed by atoms with Gasteiger partial charge < -0.3 is 19.4 Å². The Balaban J connectivity index is 2.36. The van der Waals surface area contributed by atoms with Crippen molar-refractivity contribution in [3.05, 3.63) is 17.7 Å². The minimum absolute atomic E-state index is 0.582. The van der Waals surface area contributed by atoms with Crippen LogP contribution in [0.1, 0.15) is 25.4 Å². The molecule has 0 saturated carbocycles. The van der Waals surface area contributed by atoms with Crippen LogP contribution in [0.4, 0.5) is 0 Å². The van der Waals surface area contributed by atoms with E-state index >= 15 is 0 Å². The zero-order chi connectivity index (χ0) is 14.1. The first kappa shape index (κ1) is 16.1. The van der Waals surface area contributed by atoms with Gasteiger partial charge in [-0.1, -0.05) is 13.8 Å². The summed E-state index contributed by atoms with van der Waals surface area (Å²) in [6, 6.07) is 0. The van der Waals surface area contributed by atoms with Gasteiger partial charge in [0, 0.05) is 39.5 Å². The molecule has 0 unspecified atom stereocenters. The van der Waals surface area contributed by atoms with Crippen LogP contribution >= 0.6 is 0 Å². The van der Waals surface area contributed by atoms with Crippen molar-refractivity contribution >= 4 is 0 Å². The Kier molecular flexibility index (Phi) is 7.70. The molecule has 0 radical (unpaired) electrons. The highest BCUT2D eigenvalue weighted by Crippen LogP contribution is 2.05. The van der Waals surface area contributed by atoms with Crippen LogP contribution in [0.5, 0.6) is 0 Å². The predicted molar refractivity (Wildman–Crippen MR) is 76.2 cm³/mol. The third kappa shape index (κ3) is 6.18. The SMILES string of the molecule is COCCNCc1cnc(C)n1CCOCC(C)C. The standard InChI is InChI=1S/C14H27N3O2/c1-12(2)11-19-8-6-17-13(3)16-10-14(17)9-15-5-7-18-4/h10,12,15H,5-9,11H2,1-4H3. The van der Waals surface area contributed by atoms with Crippen molar-refractivity contribution in [3.8, 4) is 0 Å². The maximum atomic E-state index is 5.63. The molecule has 0 amide bonds. The average molecular weight is 269 g/mol. The summed E-state index contributed by atoms with van der Waals surface area (Å²) in [6.07, 6.45) is 1.93. The Labute approximate surface area is 116 Å². The molecule has 0 atom stereocenters. The largest absolute Gasteiger partial charge is 0.383 e. The van der Waals surface area contributed by atoms with E-state index in [2.05, 4.69) is 28.7 Å². The molecule has 0 spiro atoms. The predicted octanol–water partition coefficient (Wildman–Crippen LogP) is 1.60. The van der Waals surface area contributed by atoms with E-state index in [0.717, 1.165) is 45.3 Å². The summed E-state index contributed by atoms with van der Waals surface area (Å²) in [5.41, 5.74) is 1.20. The molecule has 1 heterocycles. The smallest absolute Gasteiger partial charge is 0.105 e. The monoisotopic (exact) mass is 269 g/mol. The Hall–Kier alpha value is -0.910. The summed E-state index contributed by atoms with van der Waals surface area (Å²) >= 11 is 0. The highest BCUT2D eigenvalue weighted by molar-refractivity contribution is 5.04. The molecular weight excluding hydrogens is 242 g/mol. The normalized spacial score (nSPS) is 11.4. The molecule has 5 nitrogen and oxygen atoms in total. The van der Waals surface area contributed by atoms with Crippen LogP contribution in [0.25, 0.3) is 0 Å². The Morgan fingerprint density at radius 3 is 2.84 bits per heavy atom. The van der Waals surface area contributed by atoms with Crippen molar-refractivity contribution in [2.24, 2.45) is 5.92 Å². The second-order valence-electron chi connectivity index (χ2n) is 5.09. The number of rotatable bonds is 10.